The third kappa shape index (κ3) is 3.87. The number of hydrogen-bond acceptors (Lipinski definition) is 3. The highest BCUT2D eigenvalue weighted by Gasteiger charge is 2.22. The molecule has 20 heavy (non-hydrogen) atoms. The summed E-state index contributed by atoms with van der Waals surface area (Å²) in [5.41, 5.74) is 2.44. The zero-order valence-electron chi connectivity index (χ0n) is 12.2. The van der Waals surface area contributed by atoms with Crippen LogP contribution in [0.3, 0.4) is 0 Å². The maximum Gasteiger partial charge on any atom is 0.0635 e. The van der Waals surface area contributed by atoms with Crippen molar-refractivity contribution in [1.82, 2.24) is 5.32 Å². The smallest absolute Gasteiger partial charge is 0.0635 e. The van der Waals surface area contributed by atoms with Crippen LogP contribution in [0.25, 0.3) is 0 Å². The topological polar surface area (TPSA) is 35.5 Å². The van der Waals surface area contributed by atoms with E-state index in [1.54, 1.807) is 0 Å². The largest absolute Gasteiger partial charge is 0.394 e. The fourth-order valence-corrected chi connectivity index (χ4v) is 3.06. The van der Waals surface area contributed by atoms with E-state index < -0.39 is 0 Å². The molecule has 0 saturated carbocycles. The van der Waals surface area contributed by atoms with Crippen LogP contribution in [0.15, 0.2) is 18.2 Å². The lowest BCUT2D eigenvalue weighted by Gasteiger charge is -2.32. The molecule has 3 nitrogen and oxygen atoms in total. The van der Waals surface area contributed by atoms with Gasteiger partial charge in [-0.15, -0.1) is 0 Å². The highest BCUT2D eigenvalue weighted by Crippen LogP contribution is 2.30. The zero-order valence-corrected chi connectivity index (χ0v) is 13.0. The maximum absolute atomic E-state index is 9.69. The monoisotopic (exact) mass is 296 g/mol. The predicted octanol–water partition coefficient (Wildman–Crippen LogP) is 3.19. The number of benzene rings is 1. The predicted molar refractivity (Wildman–Crippen MR) is 85.5 cm³/mol. The Bertz CT molecular complexity index is 425. The second-order valence-corrected chi connectivity index (χ2v) is 5.87. The molecular formula is C16H25ClN2O. The lowest BCUT2D eigenvalue weighted by atomic mass is 10.1. The summed E-state index contributed by atoms with van der Waals surface area (Å²) >= 11 is 6.19. The van der Waals surface area contributed by atoms with Gasteiger partial charge in [0.25, 0.3) is 0 Å². The van der Waals surface area contributed by atoms with E-state index in [1.165, 1.54) is 30.5 Å². The first-order valence-corrected chi connectivity index (χ1v) is 8.00. The number of nitrogens with zero attached hydrogens (tertiary/aromatic N) is 1. The van der Waals surface area contributed by atoms with Crippen LogP contribution in [-0.4, -0.2) is 30.8 Å². The van der Waals surface area contributed by atoms with Crippen molar-refractivity contribution < 1.29 is 5.11 Å². The van der Waals surface area contributed by atoms with Gasteiger partial charge in [0.15, 0.2) is 0 Å². The van der Waals surface area contributed by atoms with E-state index in [4.69, 9.17) is 11.6 Å². The van der Waals surface area contributed by atoms with Crippen molar-refractivity contribution in [3.8, 4) is 0 Å². The standard InChI is InChI=1S/C16H25ClN2O/c1-2-18-11-13-7-8-14(17)10-16(13)19-9-5-3-4-6-15(19)12-20/h7-8,10,15,18,20H,2-6,9,11-12H2,1H3. The Kier molecular flexibility index (Phi) is 6.14. The third-order valence-electron chi connectivity index (χ3n) is 4.01. The molecule has 0 spiro atoms. The first-order valence-electron chi connectivity index (χ1n) is 7.63. The summed E-state index contributed by atoms with van der Waals surface area (Å²) in [4.78, 5) is 2.35. The van der Waals surface area contributed by atoms with Crippen molar-refractivity contribution in [3.63, 3.8) is 0 Å². The summed E-state index contributed by atoms with van der Waals surface area (Å²) in [5.74, 6) is 0. The summed E-state index contributed by atoms with van der Waals surface area (Å²) in [6.45, 7) is 5.12. The zero-order chi connectivity index (χ0) is 14.4. The van der Waals surface area contributed by atoms with Gasteiger partial charge in [0.2, 0.25) is 0 Å². The Morgan fingerprint density at radius 2 is 2.20 bits per heavy atom. The Morgan fingerprint density at radius 3 is 2.95 bits per heavy atom. The fraction of sp³-hybridized carbons (Fsp3) is 0.625. The van der Waals surface area contributed by atoms with E-state index >= 15 is 0 Å². The van der Waals surface area contributed by atoms with Gasteiger partial charge in [-0.3, -0.25) is 0 Å². The number of halogens is 1. The second-order valence-electron chi connectivity index (χ2n) is 5.43. The number of aliphatic hydroxyl groups is 1. The van der Waals surface area contributed by atoms with E-state index in [0.717, 1.165) is 31.1 Å². The SMILES string of the molecule is CCNCc1ccc(Cl)cc1N1CCCCCC1CO. The number of rotatable bonds is 5. The number of hydrogen-bond donors (Lipinski definition) is 2. The van der Waals surface area contributed by atoms with Gasteiger partial charge < -0.3 is 15.3 Å². The lowest BCUT2D eigenvalue weighted by molar-refractivity contribution is 0.255. The molecule has 1 atom stereocenters. The van der Waals surface area contributed by atoms with Gasteiger partial charge in [0, 0.05) is 23.8 Å². The first kappa shape index (κ1) is 15.6. The van der Waals surface area contributed by atoms with Gasteiger partial charge in [-0.1, -0.05) is 37.4 Å². The molecule has 1 aliphatic rings. The average molecular weight is 297 g/mol. The van der Waals surface area contributed by atoms with Gasteiger partial charge in [-0.05, 0) is 37.1 Å². The molecule has 0 aliphatic carbocycles. The van der Waals surface area contributed by atoms with Crippen molar-refractivity contribution in [2.75, 3.05) is 24.6 Å². The molecule has 0 bridgehead atoms. The Hall–Kier alpha value is -0.770. The van der Waals surface area contributed by atoms with E-state index in [-0.39, 0.29) is 12.6 Å². The number of aliphatic hydroxyl groups excluding tert-OH is 1. The minimum absolute atomic E-state index is 0.215. The molecule has 112 valence electrons. The van der Waals surface area contributed by atoms with Gasteiger partial charge >= 0.3 is 0 Å². The second kappa shape index (κ2) is 7.87. The lowest BCUT2D eigenvalue weighted by Crippen LogP contribution is -2.38. The molecule has 1 aromatic rings. The van der Waals surface area contributed by atoms with Crippen LogP contribution in [0.1, 0.15) is 38.2 Å². The molecule has 0 radical (unpaired) electrons. The molecule has 0 amide bonds. The summed E-state index contributed by atoms with van der Waals surface area (Å²) in [6, 6.07) is 6.31. The summed E-state index contributed by atoms with van der Waals surface area (Å²) in [6.07, 6.45) is 4.69. The van der Waals surface area contributed by atoms with Crippen molar-refractivity contribution in [3.05, 3.63) is 28.8 Å². The summed E-state index contributed by atoms with van der Waals surface area (Å²) in [5, 5.41) is 13.8. The van der Waals surface area contributed by atoms with E-state index in [1.807, 2.05) is 12.1 Å². The Labute approximate surface area is 126 Å². The molecule has 2 rings (SSSR count). The molecule has 0 aromatic heterocycles. The number of anilines is 1. The van der Waals surface area contributed by atoms with Crippen molar-refractivity contribution in [2.24, 2.45) is 0 Å². The normalized spacial score (nSPS) is 19.9. The highest BCUT2D eigenvalue weighted by molar-refractivity contribution is 6.30. The van der Waals surface area contributed by atoms with E-state index in [9.17, 15) is 5.11 Å². The van der Waals surface area contributed by atoms with Gasteiger partial charge in [0.05, 0.1) is 12.6 Å². The minimum atomic E-state index is 0.215. The molecule has 1 heterocycles. The van der Waals surface area contributed by atoms with Crippen molar-refractivity contribution >= 4 is 17.3 Å². The summed E-state index contributed by atoms with van der Waals surface area (Å²) in [7, 11) is 0. The van der Waals surface area contributed by atoms with Gasteiger partial charge in [0.1, 0.15) is 0 Å². The van der Waals surface area contributed by atoms with Crippen LogP contribution in [0.4, 0.5) is 5.69 Å². The fourth-order valence-electron chi connectivity index (χ4n) is 2.90. The number of nitrogens with one attached hydrogen (secondary N) is 1. The quantitative estimate of drug-likeness (QED) is 0.876. The molecule has 1 fully saturated rings. The molecule has 1 saturated heterocycles. The van der Waals surface area contributed by atoms with Gasteiger partial charge in [-0.2, -0.15) is 0 Å². The minimum Gasteiger partial charge on any atom is -0.394 e. The van der Waals surface area contributed by atoms with Crippen LogP contribution in [-0.2, 0) is 6.54 Å². The molecular weight excluding hydrogens is 272 g/mol. The Morgan fingerprint density at radius 1 is 1.35 bits per heavy atom. The molecule has 1 aliphatic heterocycles. The Balaban J connectivity index is 2.29. The van der Waals surface area contributed by atoms with E-state index in [0.29, 0.717) is 0 Å². The van der Waals surface area contributed by atoms with Crippen LogP contribution in [0, 0.1) is 0 Å². The summed E-state index contributed by atoms with van der Waals surface area (Å²) < 4.78 is 0. The molecule has 4 heteroatoms. The van der Waals surface area contributed by atoms with Crippen molar-refractivity contribution in [1.29, 1.82) is 0 Å². The maximum atomic E-state index is 9.69. The molecule has 2 N–H and O–H groups in total. The first-order chi connectivity index (χ1) is 9.76. The van der Waals surface area contributed by atoms with Crippen molar-refractivity contribution in [2.45, 2.75) is 45.2 Å². The van der Waals surface area contributed by atoms with Crippen LogP contribution < -0.4 is 10.2 Å². The average Bonchev–Trinajstić information content (AvgIpc) is 2.71. The van der Waals surface area contributed by atoms with Crippen LogP contribution in [0.5, 0.6) is 0 Å². The van der Waals surface area contributed by atoms with E-state index in [2.05, 4.69) is 23.2 Å². The van der Waals surface area contributed by atoms with Gasteiger partial charge in [-0.25, -0.2) is 0 Å². The third-order valence-corrected chi connectivity index (χ3v) is 4.25. The van der Waals surface area contributed by atoms with Crippen LogP contribution in [0.2, 0.25) is 5.02 Å². The highest BCUT2D eigenvalue weighted by atomic mass is 35.5. The molecule has 1 aromatic carbocycles. The van der Waals surface area contributed by atoms with Crippen LogP contribution >= 0.6 is 11.6 Å². The molecule has 1 unspecified atom stereocenters.